The molecule has 0 aliphatic carbocycles. The molecule has 2 fully saturated rings. The number of nitrogens with zero attached hydrogens (tertiary/aromatic N) is 6. The van der Waals surface area contributed by atoms with Crippen LogP contribution in [0.2, 0.25) is 0 Å². The Bertz CT molecular complexity index is 1320. The Hall–Kier alpha value is -3.52. The van der Waals surface area contributed by atoms with Crippen molar-refractivity contribution in [3.05, 3.63) is 66.1 Å². The number of fused-ring (bicyclic) bond motifs is 6. The number of rotatable bonds is 2. The lowest BCUT2D eigenvalue weighted by atomic mass is 10.1. The Morgan fingerprint density at radius 3 is 2.81 bits per heavy atom. The van der Waals surface area contributed by atoms with Gasteiger partial charge in [-0.3, -0.25) is 0 Å². The summed E-state index contributed by atoms with van der Waals surface area (Å²) in [6, 6.07) is 16.5. The van der Waals surface area contributed by atoms with E-state index in [-0.39, 0.29) is 5.82 Å². The summed E-state index contributed by atoms with van der Waals surface area (Å²) in [6.45, 7) is 2.90. The van der Waals surface area contributed by atoms with Crippen molar-refractivity contribution < 1.29 is 4.39 Å². The number of nitrogens with one attached hydrogen (secondary N) is 1. The molecule has 7 nitrogen and oxygen atoms in total. The van der Waals surface area contributed by atoms with E-state index in [1.54, 1.807) is 12.1 Å². The minimum Gasteiger partial charge on any atom is -0.367 e. The molecule has 160 valence electrons. The van der Waals surface area contributed by atoms with Gasteiger partial charge in [0.1, 0.15) is 5.82 Å². The third-order valence-electron chi connectivity index (χ3n) is 7.13. The molecule has 0 saturated carbocycles. The van der Waals surface area contributed by atoms with Gasteiger partial charge in [0.05, 0.1) is 11.4 Å². The zero-order valence-electron chi connectivity index (χ0n) is 17.4. The van der Waals surface area contributed by atoms with Crippen molar-refractivity contribution in [2.24, 2.45) is 0 Å². The van der Waals surface area contributed by atoms with Crippen molar-refractivity contribution in [3.8, 4) is 28.3 Å². The fourth-order valence-electron chi connectivity index (χ4n) is 5.59. The first-order chi connectivity index (χ1) is 15.7. The van der Waals surface area contributed by atoms with E-state index in [1.807, 2.05) is 4.68 Å². The van der Waals surface area contributed by atoms with Gasteiger partial charge in [0.25, 0.3) is 0 Å². The molecule has 3 aliphatic heterocycles. The number of aromatic nitrogens is 5. The van der Waals surface area contributed by atoms with Crippen molar-refractivity contribution in [3.63, 3.8) is 0 Å². The summed E-state index contributed by atoms with van der Waals surface area (Å²) in [4.78, 5) is 2.55. The van der Waals surface area contributed by atoms with Crippen molar-refractivity contribution in [1.82, 2.24) is 30.1 Å². The van der Waals surface area contributed by atoms with Crippen LogP contribution in [0.15, 0.2) is 54.7 Å². The molecule has 3 aliphatic rings. The van der Waals surface area contributed by atoms with Crippen LogP contribution in [0.5, 0.6) is 0 Å². The molecule has 1 unspecified atom stereocenters. The van der Waals surface area contributed by atoms with Gasteiger partial charge in [0.15, 0.2) is 0 Å². The third-order valence-corrected chi connectivity index (χ3v) is 7.13. The summed E-state index contributed by atoms with van der Waals surface area (Å²) < 4.78 is 17.4. The van der Waals surface area contributed by atoms with E-state index in [4.69, 9.17) is 0 Å². The molecule has 8 heteroatoms. The minimum absolute atomic E-state index is 0.235. The van der Waals surface area contributed by atoms with E-state index in [1.165, 1.54) is 36.2 Å². The highest BCUT2D eigenvalue weighted by atomic mass is 19.1. The summed E-state index contributed by atoms with van der Waals surface area (Å²) in [5.74, 6) is 0.479. The summed E-state index contributed by atoms with van der Waals surface area (Å²) in [5.41, 5.74) is 6.41. The molecule has 4 aromatic rings. The first-order valence-corrected chi connectivity index (χ1v) is 11.1. The summed E-state index contributed by atoms with van der Waals surface area (Å²) in [5, 5.41) is 16.2. The number of hydrogen-bond donors (Lipinski definition) is 1. The van der Waals surface area contributed by atoms with Gasteiger partial charge in [-0.2, -0.15) is 4.68 Å². The lowest BCUT2D eigenvalue weighted by Gasteiger charge is -2.26. The van der Waals surface area contributed by atoms with Gasteiger partial charge in [-0.05, 0) is 77.3 Å². The van der Waals surface area contributed by atoms with Crippen LogP contribution in [0.25, 0.3) is 28.3 Å². The van der Waals surface area contributed by atoms with Crippen LogP contribution in [0.3, 0.4) is 0 Å². The van der Waals surface area contributed by atoms with Gasteiger partial charge in [-0.1, -0.05) is 12.1 Å². The van der Waals surface area contributed by atoms with Crippen LogP contribution in [-0.2, 0) is 6.54 Å². The highest BCUT2D eigenvalue weighted by Crippen LogP contribution is 2.36. The molecule has 2 atom stereocenters. The van der Waals surface area contributed by atoms with Crippen LogP contribution >= 0.6 is 0 Å². The predicted octanol–water partition coefficient (Wildman–Crippen LogP) is 3.24. The number of benzene rings is 2. The zero-order valence-corrected chi connectivity index (χ0v) is 17.4. The SMILES string of the molecule is Fc1ccc(-c2cc3n(c2)Cc2cc(N4CC[C@H]5NCCC54)ccc2-n2nnnc2-3)cc1. The van der Waals surface area contributed by atoms with Gasteiger partial charge in [0.2, 0.25) is 5.82 Å². The van der Waals surface area contributed by atoms with Crippen molar-refractivity contribution >= 4 is 5.69 Å². The second-order valence-electron chi connectivity index (χ2n) is 8.87. The Morgan fingerprint density at radius 1 is 1.00 bits per heavy atom. The summed E-state index contributed by atoms with van der Waals surface area (Å²) in [7, 11) is 0. The lowest BCUT2D eigenvalue weighted by Crippen LogP contribution is -2.34. The average molecular weight is 427 g/mol. The van der Waals surface area contributed by atoms with Gasteiger partial charge >= 0.3 is 0 Å². The number of halogens is 1. The summed E-state index contributed by atoms with van der Waals surface area (Å²) >= 11 is 0. The molecule has 5 heterocycles. The maximum atomic E-state index is 13.4. The topological polar surface area (TPSA) is 63.8 Å². The van der Waals surface area contributed by atoms with E-state index in [0.717, 1.165) is 35.6 Å². The standard InChI is InChI=1S/C24H22FN7/c25-18-3-1-15(2-4-18)16-12-23-24-27-28-29-32(24)21-6-5-19(11-17(21)14-30(23)13-16)31-10-8-20-22(31)7-9-26-20/h1-6,11-13,20,22,26H,7-10,14H2/t20-,22?/m1/s1. The molecular formula is C24H22FN7. The molecule has 1 N–H and O–H groups in total. The van der Waals surface area contributed by atoms with Crippen molar-refractivity contribution in [1.29, 1.82) is 0 Å². The molecular weight excluding hydrogens is 405 g/mol. The van der Waals surface area contributed by atoms with Crippen LogP contribution in [-0.4, -0.2) is 49.9 Å². The van der Waals surface area contributed by atoms with Gasteiger partial charge in [0, 0.05) is 42.6 Å². The van der Waals surface area contributed by atoms with E-state index in [9.17, 15) is 4.39 Å². The number of tetrazole rings is 1. The molecule has 2 aromatic heterocycles. The van der Waals surface area contributed by atoms with E-state index in [2.05, 4.69) is 60.8 Å². The van der Waals surface area contributed by atoms with Crippen LogP contribution in [0.1, 0.15) is 18.4 Å². The quantitative estimate of drug-likeness (QED) is 0.469. The maximum absolute atomic E-state index is 13.4. The van der Waals surface area contributed by atoms with Gasteiger partial charge in [-0.15, -0.1) is 5.10 Å². The van der Waals surface area contributed by atoms with E-state index >= 15 is 0 Å². The van der Waals surface area contributed by atoms with Crippen LogP contribution < -0.4 is 10.2 Å². The fourth-order valence-corrected chi connectivity index (χ4v) is 5.59. The first-order valence-electron chi connectivity index (χ1n) is 11.1. The lowest BCUT2D eigenvalue weighted by molar-refractivity contribution is 0.601. The maximum Gasteiger partial charge on any atom is 0.203 e. The molecule has 0 amide bonds. The van der Waals surface area contributed by atoms with Crippen molar-refractivity contribution in [2.75, 3.05) is 18.0 Å². The molecule has 0 bridgehead atoms. The predicted molar refractivity (Wildman–Crippen MR) is 119 cm³/mol. The Balaban J connectivity index is 1.32. The Labute approximate surface area is 184 Å². The minimum atomic E-state index is -0.235. The van der Waals surface area contributed by atoms with Gasteiger partial charge < -0.3 is 14.8 Å². The smallest absolute Gasteiger partial charge is 0.203 e. The number of hydrogen-bond acceptors (Lipinski definition) is 5. The number of anilines is 1. The van der Waals surface area contributed by atoms with Gasteiger partial charge in [-0.25, -0.2) is 4.39 Å². The molecule has 0 spiro atoms. The molecule has 7 rings (SSSR count). The highest BCUT2D eigenvalue weighted by Gasteiger charge is 2.37. The summed E-state index contributed by atoms with van der Waals surface area (Å²) in [6.07, 6.45) is 4.50. The second-order valence-corrected chi connectivity index (χ2v) is 8.87. The second kappa shape index (κ2) is 6.74. The Kier molecular flexibility index (Phi) is 3.81. The monoisotopic (exact) mass is 427 g/mol. The van der Waals surface area contributed by atoms with E-state index in [0.29, 0.717) is 24.5 Å². The molecule has 2 saturated heterocycles. The highest BCUT2D eigenvalue weighted by molar-refractivity contribution is 5.71. The average Bonchev–Trinajstić information content (AvgIpc) is 3.57. The van der Waals surface area contributed by atoms with Crippen molar-refractivity contribution in [2.45, 2.75) is 31.5 Å². The normalized spacial score (nSPS) is 21.1. The van der Waals surface area contributed by atoms with E-state index < -0.39 is 0 Å². The first kappa shape index (κ1) is 18.1. The molecule has 32 heavy (non-hydrogen) atoms. The van der Waals surface area contributed by atoms with Crippen LogP contribution in [0.4, 0.5) is 10.1 Å². The molecule has 0 radical (unpaired) electrons. The van der Waals surface area contributed by atoms with Crippen LogP contribution in [0, 0.1) is 5.82 Å². The largest absolute Gasteiger partial charge is 0.367 e. The zero-order chi connectivity index (χ0) is 21.2. The fraction of sp³-hybridized carbons (Fsp3) is 0.292. The molecule has 2 aromatic carbocycles. The third kappa shape index (κ3) is 2.65. The Morgan fingerprint density at radius 2 is 1.91 bits per heavy atom.